The Labute approximate surface area is 176 Å². The summed E-state index contributed by atoms with van der Waals surface area (Å²) in [5.74, 6) is 1.52. The highest BCUT2D eigenvalue weighted by molar-refractivity contribution is 5.76. The normalized spacial score (nSPS) is 12.9. The molecule has 0 radical (unpaired) electrons. The lowest BCUT2D eigenvalue weighted by atomic mass is 10.1. The van der Waals surface area contributed by atoms with Crippen molar-refractivity contribution in [3.8, 4) is 11.5 Å². The van der Waals surface area contributed by atoms with Gasteiger partial charge in [0.2, 0.25) is 5.91 Å². The van der Waals surface area contributed by atoms with Gasteiger partial charge < -0.3 is 14.4 Å². The third kappa shape index (κ3) is 4.76. The maximum Gasteiger partial charge on any atom is 0.223 e. The highest BCUT2D eigenvalue weighted by Gasteiger charge is 2.21. The van der Waals surface area contributed by atoms with Gasteiger partial charge in [-0.1, -0.05) is 36.4 Å². The van der Waals surface area contributed by atoms with Gasteiger partial charge in [0.25, 0.3) is 0 Å². The van der Waals surface area contributed by atoms with E-state index in [0.717, 1.165) is 28.8 Å². The predicted octanol–water partition coefficient (Wildman–Crippen LogP) is 3.58. The number of carbonyl (C=O) groups is 1. The van der Waals surface area contributed by atoms with Crippen molar-refractivity contribution in [2.75, 3.05) is 13.7 Å². The molecular formula is C24H25N3O3. The van der Waals surface area contributed by atoms with Crippen LogP contribution in [0.2, 0.25) is 0 Å². The quantitative estimate of drug-likeness (QED) is 0.603. The van der Waals surface area contributed by atoms with Crippen molar-refractivity contribution in [1.82, 2.24) is 14.9 Å². The molecule has 0 bridgehead atoms. The summed E-state index contributed by atoms with van der Waals surface area (Å²) in [7, 11) is 1.63. The minimum absolute atomic E-state index is 0.145. The smallest absolute Gasteiger partial charge is 0.223 e. The lowest BCUT2D eigenvalue weighted by molar-refractivity contribution is -0.132. The summed E-state index contributed by atoms with van der Waals surface area (Å²) in [5, 5.41) is 0. The predicted molar refractivity (Wildman–Crippen MR) is 113 cm³/mol. The van der Waals surface area contributed by atoms with Gasteiger partial charge in [-0.05, 0) is 29.7 Å². The molecule has 0 atom stereocenters. The summed E-state index contributed by atoms with van der Waals surface area (Å²) in [6.45, 7) is 1.76. The zero-order valence-electron chi connectivity index (χ0n) is 17.1. The third-order valence-corrected chi connectivity index (χ3v) is 5.31. The second kappa shape index (κ2) is 9.39. The van der Waals surface area contributed by atoms with Gasteiger partial charge in [-0.2, -0.15) is 0 Å². The van der Waals surface area contributed by atoms with E-state index in [1.54, 1.807) is 13.4 Å². The van der Waals surface area contributed by atoms with Gasteiger partial charge in [-0.15, -0.1) is 0 Å². The van der Waals surface area contributed by atoms with E-state index >= 15 is 0 Å². The Morgan fingerprint density at radius 1 is 1.10 bits per heavy atom. The van der Waals surface area contributed by atoms with Crippen LogP contribution in [-0.2, 0) is 30.8 Å². The van der Waals surface area contributed by atoms with Crippen LogP contribution >= 0.6 is 0 Å². The van der Waals surface area contributed by atoms with E-state index in [1.165, 1.54) is 0 Å². The summed E-state index contributed by atoms with van der Waals surface area (Å²) >= 11 is 0. The average Bonchev–Trinajstić information content (AvgIpc) is 2.81. The number of fused-ring (bicyclic) bond motifs is 1. The van der Waals surface area contributed by atoms with Crippen molar-refractivity contribution in [2.24, 2.45) is 0 Å². The number of nitrogens with zero attached hydrogens (tertiary/aromatic N) is 3. The lowest BCUT2D eigenvalue weighted by Gasteiger charge is -2.28. The van der Waals surface area contributed by atoms with Crippen LogP contribution in [0.4, 0.5) is 0 Å². The standard InChI is InChI=1S/C24H25N3O3/c1-29-22-9-7-18(13-23(22)30-16-19-5-3-2-4-6-19)8-10-24(28)27-12-11-21-20(15-27)14-25-17-26-21/h2-7,9,13-14,17H,8,10-12,15-16H2,1H3. The second-order valence-corrected chi connectivity index (χ2v) is 7.32. The highest BCUT2D eigenvalue weighted by Crippen LogP contribution is 2.29. The first-order valence-corrected chi connectivity index (χ1v) is 10.1. The summed E-state index contributed by atoms with van der Waals surface area (Å²) < 4.78 is 11.4. The Balaban J connectivity index is 1.37. The van der Waals surface area contributed by atoms with Gasteiger partial charge in [0.15, 0.2) is 11.5 Å². The van der Waals surface area contributed by atoms with Crippen molar-refractivity contribution < 1.29 is 14.3 Å². The average molecular weight is 403 g/mol. The molecule has 0 N–H and O–H groups in total. The van der Waals surface area contributed by atoms with Gasteiger partial charge in [0.05, 0.1) is 12.8 Å². The van der Waals surface area contributed by atoms with Crippen molar-refractivity contribution in [3.63, 3.8) is 0 Å². The monoisotopic (exact) mass is 403 g/mol. The summed E-state index contributed by atoms with van der Waals surface area (Å²) in [6, 6.07) is 15.9. The minimum Gasteiger partial charge on any atom is -0.493 e. The largest absolute Gasteiger partial charge is 0.493 e. The van der Waals surface area contributed by atoms with Crippen LogP contribution in [0.25, 0.3) is 0 Å². The van der Waals surface area contributed by atoms with Crippen molar-refractivity contribution >= 4 is 5.91 Å². The molecule has 6 heteroatoms. The molecule has 6 nitrogen and oxygen atoms in total. The van der Waals surface area contributed by atoms with Crippen LogP contribution in [0, 0.1) is 0 Å². The van der Waals surface area contributed by atoms with Crippen LogP contribution in [0.1, 0.15) is 28.8 Å². The number of hydrogen-bond donors (Lipinski definition) is 0. The molecule has 2 aromatic carbocycles. The Bertz CT molecular complexity index is 1010. The molecule has 0 fully saturated rings. The highest BCUT2D eigenvalue weighted by atomic mass is 16.5. The number of aryl methyl sites for hydroxylation is 1. The number of amides is 1. The van der Waals surface area contributed by atoms with E-state index in [0.29, 0.717) is 44.0 Å². The first kappa shape index (κ1) is 19.9. The van der Waals surface area contributed by atoms with E-state index in [1.807, 2.05) is 59.6 Å². The van der Waals surface area contributed by atoms with Crippen LogP contribution in [0.3, 0.4) is 0 Å². The SMILES string of the molecule is COc1ccc(CCC(=O)N2CCc3ncncc3C2)cc1OCc1ccccc1. The lowest BCUT2D eigenvalue weighted by Crippen LogP contribution is -2.36. The van der Waals surface area contributed by atoms with Gasteiger partial charge >= 0.3 is 0 Å². The maximum absolute atomic E-state index is 12.7. The summed E-state index contributed by atoms with van der Waals surface area (Å²) in [4.78, 5) is 23.0. The van der Waals surface area contributed by atoms with Crippen LogP contribution < -0.4 is 9.47 Å². The number of carbonyl (C=O) groups excluding carboxylic acids is 1. The van der Waals surface area contributed by atoms with Gasteiger partial charge in [0.1, 0.15) is 12.9 Å². The van der Waals surface area contributed by atoms with E-state index < -0.39 is 0 Å². The van der Waals surface area contributed by atoms with Crippen LogP contribution in [0.5, 0.6) is 11.5 Å². The van der Waals surface area contributed by atoms with Gasteiger partial charge in [-0.25, -0.2) is 9.97 Å². The molecule has 30 heavy (non-hydrogen) atoms. The molecule has 0 saturated carbocycles. The fourth-order valence-electron chi connectivity index (χ4n) is 3.61. The van der Waals surface area contributed by atoms with E-state index in [2.05, 4.69) is 9.97 Å². The number of benzene rings is 2. The molecule has 0 saturated heterocycles. The molecule has 1 aliphatic heterocycles. The zero-order chi connectivity index (χ0) is 20.8. The van der Waals surface area contributed by atoms with Crippen molar-refractivity contribution in [1.29, 1.82) is 0 Å². The molecule has 0 unspecified atom stereocenters. The number of methoxy groups -OCH3 is 1. The minimum atomic E-state index is 0.145. The zero-order valence-corrected chi connectivity index (χ0v) is 17.1. The molecule has 1 aliphatic rings. The first-order chi connectivity index (χ1) is 14.7. The molecule has 4 rings (SSSR count). The molecule has 0 spiro atoms. The number of ether oxygens (including phenoxy) is 2. The Kier molecular flexibility index (Phi) is 6.23. The van der Waals surface area contributed by atoms with E-state index in [4.69, 9.17) is 9.47 Å². The summed E-state index contributed by atoms with van der Waals surface area (Å²) in [6.07, 6.45) is 5.26. The number of hydrogen-bond acceptors (Lipinski definition) is 5. The van der Waals surface area contributed by atoms with E-state index in [-0.39, 0.29) is 5.91 Å². The topological polar surface area (TPSA) is 64.5 Å². The van der Waals surface area contributed by atoms with Crippen molar-refractivity contribution in [3.05, 3.63) is 83.4 Å². The van der Waals surface area contributed by atoms with Crippen molar-refractivity contribution in [2.45, 2.75) is 32.4 Å². The van der Waals surface area contributed by atoms with E-state index in [9.17, 15) is 4.79 Å². The molecule has 0 aliphatic carbocycles. The van der Waals surface area contributed by atoms with Crippen LogP contribution in [0.15, 0.2) is 61.1 Å². The molecule has 3 aromatic rings. The fraction of sp³-hybridized carbons (Fsp3) is 0.292. The Morgan fingerprint density at radius 2 is 1.97 bits per heavy atom. The molecule has 154 valence electrons. The Hall–Kier alpha value is -3.41. The van der Waals surface area contributed by atoms with Gasteiger partial charge in [0, 0.05) is 37.7 Å². The second-order valence-electron chi connectivity index (χ2n) is 7.32. The molecule has 2 heterocycles. The first-order valence-electron chi connectivity index (χ1n) is 10.1. The maximum atomic E-state index is 12.7. The summed E-state index contributed by atoms with van der Waals surface area (Å²) in [5.41, 5.74) is 4.23. The van der Waals surface area contributed by atoms with Crippen LogP contribution in [-0.4, -0.2) is 34.4 Å². The third-order valence-electron chi connectivity index (χ3n) is 5.31. The Morgan fingerprint density at radius 3 is 2.80 bits per heavy atom. The van der Waals surface area contributed by atoms with Gasteiger partial charge in [-0.3, -0.25) is 4.79 Å². The fourth-order valence-corrected chi connectivity index (χ4v) is 3.61. The molecule has 1 amide bonds. The molecular weight excluding hydrogens is 378 g/mol. The number of rotatable bonds is 7. The number of aromatic nitrogens is 2. The molecule has 1 aromatic heterocycles.